The Kier molecular flexibility index (Phi) is 6.04. The molecule has 0 bridgehead atoms. The minimum absolute atomic E-state index is 0.289. The van der Waals surface area contributed by atoms with Crippen molar-refractivity contribution in [1.29, 1.82) is 0 Å². The zero-order valence-electron chi connectivity index (χ0n) is 16.6. The summed E-state index contributed by atoms with van der Waals surface area (Å²) in [5.41, 5.74) is 0.242. The van der Waals surface area contributed by atoms with Gasteiger partial charge in [-0.1, -0.05) is 42.4 Å². The predicted molar refractivity (Wildman–Crippen MR) is 116 cm³/mol. The number of aromatic nitrogens is 6. The molecule has 3 heterocycles. The highest BCUT2D eigenvalue weighted by molar-refractivity contribution is 8.01. The summed E-state index contributed by atoms with van der Waals surface area (Å²) in [6.45, 7) is 0.367. The SMILES string of the molecule is Cn1cnc2c1c(=O)n(CCCSc1nnc(NC3CCCCC3)s1)c(=O)n2C. The number of thioether (sulfide) groups is 1. The van der Waals surface area contributed by atoms with Crippen LogP contribution in [0.3, 0.4) is 0 Å². The maximum Gasteiger partial charge on any atom is 0.332 e. The van der Waals surface area contributed by atoms with Crippen molar-refractivity contribution in [3.05, 3.63) is 27.2 Å². The molecular weight excluding hydrogens is 410 g/mol. The van der Waals surface area contributed by atoms with Crippen LogP contribution in [-0.2, 0) is 20.6 Å². The summed E-state index contributed by atoms with van der Waals surface area (Å²) in [5.74, 6) is 0.761. The second kappa shape index (κ2) is 8.70. The van der Waals surface area contributed by atoms with Gasteiger partial charge in [-0.3, -0.25) is 13.9 Å². The molecular formula is C18H25N7O2S2. The lowest BCUT2D eigenvalue weighted by atomic mass is 9.96. The van der Waals surface area contributed by atoms with Crippen molar-refractivity contribution in [2.24, 2.45) is 14.1 Å². The molecule has 11 heteroatoms. The summed E-state index contributed by atoms with van der Waals surface area (Å²) in [6.07, 6.45) is 8.53. The van der Waals surface area contributed by atoms with E-state index in [0.717, 1.165) is 15.2 Å². The van der Waals surface area contributed by atoms with Crippen molar-refractivity contribution in [1.82, 2.24) is 28.9 Å². The first-order valence-electron chi connectivity index (χ1n) is 9.88. The quantitative estimate of drug-likeness (QED) is 0.449. The third-order valence-electron chi connectivity index (χ3n) is 5.29. The van der Waals surface area contributed by atoms with Gasteiger partial charge in [-0.2, -0.15) is 0 Å². The van der Waals surface area contributed by atoms with E-state index in [1.807, 2.05) is 0 Å². The van der Waals surface area contributed by atoms with Gasteiger partial charge in [-0.25, -0.2) is 9.78 Å². The topological polar surface area (TPSA) is 99.6 Å². The van der Waals surface area contributed by atoms with E-state index in [2.05, 4.69) is 20.5 Å². The minimum atomic E-state index is -0.332. The van der Waals surface area contributed by atoms with Crippen LogP contribution in [0.5, 0.6) is 0 Å². The van der Waals surface area contributed by atoms with Crippen LogP contribution in [0, 0.1) is 0 Å². The Bertz CT molecular complexity index is 1110. The molecule has 0 amide bonds. The Balaban J connectivity index is 1.35. The number of fused-ring (bicyclic) bond motifs is 1. The fourth-order valence-corrected chi connectivity index (χ4v) is 5.55. The predicted octanol–water partition coefficient (Wildman–Crippen LogP) is 2.21. The van der Waals surface area contributed by atoms with E-state index in [9.17, 15) is 9.59 Å². The van der Waals surface area contributed by atoms with E-state index >= 15 is 0 Å². The molecule has 1 saturated carbocycles. The molecule has 0 aromatic carbocycles. The summed E-state index contributed by atoms with van der Waals surface area (Å²) >= 11 is 3.18. The van der Waals surface area contributed by atoms with Crippen LogP contribution in [0.4, 0.5) is 5.13 Å². The minimum Gasteiger partial charge on any atom is -0.357 e. The summed E-state index contributed by atoms with van der Waals surface area (Å²) in [7, 11) is 3.40. The van der Waals surface area contributed by atoms with Crippen LogP contribution in [0.25, 0.3) is 11.2 Å². The Morgan fingerprint density at radius 1 is 1.21 bits per heavy atom. The van der Waals surface area contributed by atoms with Crippen molar-refractivity contribution in [3.8, 4) is 0 Å². The van der Waals surface area contributed by atoms with E-state index in [-0.39, 0.29) is 11.2 Å². The Hall–Kier alpha value is -2.14. The zero-order valence-corrected chi connectivity index (χ0v) is 18.3. The first-order chi connectivity index (χ1) is 14.0. The lowest BCUT2D eigenvalue weighted by Gasteiger charge is -2.21. The lowest BCUT2D eigenvalue weighted by molar-refractivity contribution is 0.462. The Morgan fingerprint density at radius 2 is 2.00 bits per heavy atom. The van der Waals surface area contributed by atoms with Crippen LogP contribution in [0.2, 0.25) is 0 Å². The van der Waals surface area contributed by atoms with Gasteiger partial charge >= 0.3 is 5.69 Å². The van der Waals surface area contributed by atoms with Crippen molar-refractivity contribution in [2.45, 2.75) is 55.5 Å². The molecule has 0 saturated heterocycles. The molecule has 0 atom stereocenters. The van der Waals surface area contributed by atoms with E-state index in [0.29, 0.717) is 30.2 Å². The first-order valence-corrected chi connectivity index (χ1v) is 11.7. The molecule has 9 nitrogen and oxygen atoms in total. The normalized spacial score (nSPS) is 15.2. The largest absolute Gasteiger partial charge is 0.357 e. The number of hydrogen-bond donors (Lipinski definition) is 1. The number of nitrogens with one attached hydrogen (secondary N) is 1. The average Bonchev–Trinajstić information content (AvgIpc) is 3.33. The van der Waals surface area contributed by atoms with Crippen molar-refractivity contribution >= 4 is 39.4 Å². The molecule has 4 rings (SSSR count). The van der Waals surface area contributed by atoms with Gasteiger partial charge in [0, 0.05) is 32.4 Å². The average molecular weight is 436 g/mol. The van der Waals surface area contributed by atoms with E-state index < -0.39 is 0 Å². The molecule has 1 fully saturated rings. The lowest BCUT2D eigenvalue weighted by Crippen LogP contribution is -2.39. The highest BCUT2D eigenvalue weighted by Gasteiger charge is 2.16. The van der Waals surface area contributed by atoms with Crippen LogP contribution in [-0.4, -0.2) is 40.7 Å². The van der Waals surface area contributed by atoms with E-state index in [1.54, 1.807) is 48.1 Å². The molecule has 0 spiro atoms. The fourth-order valence-electron chi connectivity index (χ4n) is 3.72. The van der Waals surface area contributed by atoms with Gasteiger partial charge < -0.3 is 9.88 Å². The molecule has 0 radical (unpaired) electrons. The van der Waals surface area contributed by atoms with Gasteiger partial charge in [0.15, 0.2) is 15.5 Å². The second-order valence-electron chi connectivity index (χ2n) is 7.38. The monoisotopic (exact) mass is 435 g/mol. The van der Waals surface area contributed by atoms with Crippen LogP contribution < -0.4 is 16.6 Å². The molecule has 156 valence electrons. The maximum atomic E-state index is 12.7. The third kappa shape index (κ3) is 4.25. The van der Waals surface area contributed by atoms with Crippen molar-refractivity contribution < 1.29 is 0 Å². The maximum absolute atomic E-state index is 12.7. The van der Waals surface area contributed by atoms with Gasteiger partial charge in [0.25, 0.3) is 5.56 Å². The van der Waals surface area contributed by atoms with Crippen molar-refractivity contribution in [3.63, 3.8) is 0 Å². The van der Waals surface area contributed by atoms with Crippen LogP contribution in [0.15, 0.2) is 20.3 Å². The van der Waals surface area contributed by atoms with Crippen LogP contribution >= 0.6 is 23.1 Å². The molecule has 0 aliphatic heterocycles. The van der Waals surface area contributed by atoms with Gasteiger partial charge in [0.1, 0.15) is 0 Å². The highest BCUT2D eigenvalue weighted by Crippen LogP contribution is 2.28. The van der Waals surface area contributed by atoms with Crippen LogP contribution in [0.1, 0.15) is 38.5 Å². The molecule has 1 N–H and O–H groups in total. The Morgan fingerprint density at radius 3 is 2.79 bits per heavy atom. The van der Waals surface area contributed by atoms with Gasteiger partial charge in [0.2, 0.25) is 5.13 Å². The third-order valence-corrected chi connectivity index (χ3v) is 7.37. The van der Waals surface area contributed by atoms with Gasteiger partial charge in [0.05, 0.1) is 6.33 Å². The number of imidazole rings is 1. The van der Waals surface area contributed by atoms with E-state index in [4.69, 9.17) is 0 Å². The number of nitrogens with zero attached hydrogens (tertiary/aromatic N) is 6. The molecule has 0 unspecified atom stereocenters. The van der Waals surface area contributed by atoms with Gasteiger partial charge in [-0.15, -0.1) is 10.2 Å². The first kappa shape index (κ1) is 20.1. The molecule has 3 aromatic heterocycles. The molecule has 29 heavy (non-hydrogen) atoms. The molecule has 1 aliphatic carbocycles. The smallest absolute Gasteiger partial charge is 0.332 e. The van der Waals surface area contributed by atoms with Gasteiger partial charge in [-0.05, 0) is 19.3 Å². The number of hydrogen-bond acceptors (Lipinski definition) is 8. The summed E-state index contributed by atoms with van der Waals surface area (Å²) in [6, 6.07) is 0.513. The van der Waals surface area contributed by atoms with Crippen molar-refractivity contribution in [2.75, 3.05) is 11.1 Å². The number of rotatable bonds is 7. The highest BCUT2D eigenvalue weighted by atomic mass is 32.2. The summed E-state index contributed by atoms with van der Waals surface area (Å²) < 4.78 is 5.29. The summed E-state index contributed by atoms with van der Waals surface area (Å²) in [5, 5.41) is 12.9. The molecule has 1 aliphatic rings. The summed E-state index contributed by atoms with van der Waals surface area (Å²) in [4.78, 5) is 29.4. The standard InChI is InChI=1S/C18H25N7O2S2/c1-23-11-19-14-13(23)15(26)25(18(27)24(14)2)9-6-10-28-17-22-21-16(29-17)20-12-7-4-3-5-8-12/h11-12H,3-10H2,1-2H3,(H,20,21). The second-order valence-corrected chi connectivity index (χ2v) is 9.70. The number of anilines is 1. The fraction of sp³-hybridized carbons (Fsp3) is 0.611. The Labute approximate surface area is 176 Å². The number of aryl methyl sites for hydroxylation is 2. The van der Waals surface area contributed by atoms with E-state index in [1.165, 1.54) is 41.2 Å². The zero-order chi connectivity index (χ0) is 20.4. The molecule has 3 aromatic rings.